The van der Waals surface area contributed by atoms with Crippen LogP contribution in [-0.4, -0.2) is 101 Å². The van der Waals surface area contributed by atoms with Gasteiger partial charge in [-0.1, -0.05) is 0 Å². The largest absolute Gasteiger partial charge is 0.508 e. The molecule has 224 valence electrons. The molecular formula is C30H37N5O7. The number of benzene rings is 1. The Labute approximate surface area is 243 Å². The van der Waals surface area contributed by atoms with Gasteiger partial charge < -0.3 is 31.1 Å². The van der Waals surface area contributed by atoms with E-state index in [9.17, 15) is 40.1 Å². The highest BCUT2D eigenvalue weighted by Gasteiger charge is 2.64. The number of carbonyl (C=O) groups is 3. The first-order valence-electron chi connectivity index (χ1n) is 14.1. The predicted octanol–water partition coefficient (Wildman–Crippen LogP) is 0.766. The molecule has 0 aromatic heterocycles. The van der Waals surface area contributed by atoms with Gasteiger partial charge in [0.15, 0.2) is 11.4 Å². The SMILES string of the molecule is CN(C)c1cc(CN2CCC(C#N)CC2)c(O)c2c1C[C@H]1C[C@H]3[C@H](N(C)C)C(=O)C(C(N)=O)=C(O)[C@@]3(O)C(=O)C1=C2O. The van der Waals surface area contributed by atoms with Gasteiger partial charge in [0.05, 0.1) is 17.7 Å². The third-order valence-electron chi connectivity index (χ3n) is 9.42. The molecule has 0 bridgehead atoms. The molecule has 12 nitrogen and oxygen atoms in total. The molecule has 42 heavy (non-hydrogen) atoms. The molecular weight excluding hydrogens is 542 g/mol. The lowest BCUT2D eigenvalue weighted by Crippen LogP contribution is -2.65. The Hall–Kier alpha value is -3.92. The van der Waals surface area contributed by atoms with E-state index >= 15 is 0 Å². The zero-order valence-corrected chi connectivity index (χ0v) is 24.2. The summed E-state index contributed by atoms with van der Waals surface area (Å²) < 4.78 is 0. The number of hydrogen-bond donors (Lipinski definition) is 5. The molecule has 1 saturated carbocycles. The third kappa shape index (κ3) is 4.26. The second-order valence-corrected chi connectivity index (χ2v) is 12.3. The number of ketones is 2. The maximum atomic E-state index is 14.1. The van der Waals surface area contributed by atoms with Crippen LogP contribution in [0.5, 0.6) is 5.75 Å². The number of primary amides is 1. The molecule has 6 N–H and O–H groups in total. The Bertz CT molecular complexity index is 1480. The molecule has 3 aliphatic carbocycles. The van der Waals surface area contributed by atoms with Gasteiger partial charge in [0.25, 0.3) is 5.91 Å². The number of piperidine rings is 1. The smallest absolute Gasteiger partial charge is 0.255 e. The normalized spacial score (nSPS) is 28.4. The molecule has 4 aliphatic rings. The number of nitrogens with two attached hydrogens (primary N) is 1. The van der Waals surface area contributed by atoms with Crippen molar-refractivity contribution in [3.63, 3.8) is 0 Å². The van der Waals surface area contributed by atoms with Crippen LogP contribution in [0, 0.1) is 29.1 Å². The van der Waals surface area contributed by atoms with E-state index < -0.39 is 58.0 Å². The lowest BCUT2D eigenvalue weighted by atomic mass is 9.57. The van der Waals surface area contributed by atoms with Gasteiger partial charge in [-0.3, -0.25) is 24.2 Å². The van der Waals surface area contributed by atoms with Crippen LogP contribution in [0.15, 0.2) is 23.0 Å². The number of rotatable bonds is 5. The number of aliphatic hydroxyl groups excluding tert-OH is 2. The predicted molar refractivity (Wildman–Crippen MR) is 152 cm³/mol. The number of carbonyl (C=O) groups excluding carboxylic acids is 3. The van der Waals surface area contributed by atoms with Crippen molar-refractivity contribution in [3.05, 3.63) is 39.7 Å². The number of hydrogen-bond acceptors (Lipinski definition) is 11. The van der Waals surface area contributed by atoms with Gasteiger partial charge in [-0.25, -0.2) is 0 Å². The van der Waals surface area contributed by atoms with Crippen molar-refractivity contribution in [3.8, 4) is 11.8 Å². The topological polar surface area (TPSA) is 192 Å². The van der Waals surface area contributed by atoms with Gasteiger partial charge in [-0.15, -0.1) is 0 Å². The van der Waals surface area contributed by atoms with Crippen molar-refractivity contribution in [2.75, 3.05) is 46.2 Å². The van der Waals surface area contributed by atoms with E-state index in [4.69, 9.17) is 5.73 Å². The van der Waals surface area contributed by atoms with Crippen LogP contribution in [0.25, 0.3) is 5.76 Å². The molecule has 0 radical (unpaired) electrons. The molecule has 0 spiro atoms. The maximum absolute atomic E-state index is 14.1. The molecule has 1 aromatic carbocycles. The molecule has 12 heteroatoms. The van der Waals surface area contributed by atoms with Crippen LogP contribution in [0.1, 0.15) is 36.0 Å². The van der Waals surface area contributed by atoms with E-state index in [0.29, 0.717) is 43.6 Å². The molecule has 1 aliphatic heterocycles. The molecule has 1 heterocycles. The average molecular weight is 580 g/mol. The third-order valence-corrected chi connectivity index (χ3v) is 9.42. The highest BCUT2D eigenvalue weighted by molar-refractivity contribution is 6.24. The van der Waals surface area contributed by atoms with Crippen LogP contribution in [0.4, 0.5) is 5.69 Å². The van der Waals surface area contributed by atoms with Gasteiger partial charge in [-0.05, 0) is 70.4 Å². The van der Waals surface area contributed by atoms with Gasteiger partial charge in [0, 0.05) is 49.3 Å². The fourth-order valence-electron chi connectivity index (χ4n) is 7.33. The van der Waals surface area contributed by atoms with E-state index in [0.717, 1.165) is 5.69 Å². The van der Waals surface area contributed by atoms with Crippen molar-refractivity contribution in [2.45, 2.75) is 43.9 Å². The number of nitriles is 1. The Morgan fingerprint density at radius 3 is 2.36 bits per heavy atom. The minimum atomic E-state index is -2.67. The van der Waals surface area contributed by atoms with Crippen LogP contribution in [0.3, 0.4) is 0 Å². The number of nitrogens with zero attached hydrogens (tertiary/aromatic N) is 4. The Morgan fingerprint density at radius 2 is 1.81 bits per heavy atom. The van der Waals surface area contributed by atoms with Crippen molar-refractivity contribution in [1.82, 2.24) is 9.80 Å². The summed E-state index contributed by atoms with van der Waals surface area (Å²) in [5.41, 5.74) is 3.69. The van der Waals surface area contributed by atoms with Crippen LogP contribution < -0.4 is 10.6 Å². The summed E-state index contributed by atoms with van der Waals surface area (Å²) in [6.07, 6.45) is 1.70. The number of likely N-dealkylation sites (N-methyl/N-ethyl adjacent to an activating group) is 1. The van der Waals surface area contributed by atoms with Gasteiger partial charge in [0.1, 0.15) is 22.8 Å². The number of phenolic OH excluding ortho intramolecular Hbond substituents is 1. The monoisotopic (exact) mass is 579 g/mol. The quantitative estimate of drug-likeness (QED) is 0.310. The van der Waals surface area contributed by atoms with E-state index in [2.05, 4.69) is 11.0 Å². The van der Waals surface area contributed by atoms with Crippen LogP contribution in [0.2, 0.25) is 0 Å². The van der Waals surface area contributed by atoms with Crippen molar-refractivity contribution >= 4 is 28.9 Å². The summed E-state index contributed by atoms with van der Waals surface area (Å²) in [6.45, 7) is 1.71. The van der Waals surface area contributed by atoms with Crippen LogP contribution >= 0.6 is 0 Å². The molecule has 1 aromatic rings. The van der Waals surface area contributed by atoms with E-state index in [1.54, 1.807) is 14.1 Å². The van der Waals surface area contributed by atoms with Crippen LogP contribution in [-0.2, 0) is 27.3 Å². The fourth-order valence-corrected chi connectivity index (χ4v) is 7.33. The number of Topliss-reactive ketones (excluding diaryl/α,β-unsaturated/α-hetero) is 2. The van der Waals surface area contributed by atoms with Crippen molar-refractivity contribution in [2.24, 2.45) is 23.5 Å². The first-order valence-corrected chi connectivity index (χ1v) is 14.1. The molecule has 4 atom stereocenters. The summed E-state index contributed by atoms with van der Waals surface area (Å²) in [6, 6.07) is 3.04. The zero-order valence-electron chi connectivity index (χ0n) is 24.2. The number of aromatic hydroxyl groups is 1. The highest BCUT2D eigenvalue weighted by Crippen LogP contribution is 2.54. The molecule has 1 saturated heterocycles. The Balaban J connectivity index is 1.65. The average Bonchev–Trinajstić information content (AvgIpc) is 2.92. The number of phenols is 1. The lowest BCUT2D eigenvalue weighted by molar-refractivity contribution is -0.153. The van der Waals surface area contributed by atoms with E-state index in [1.165, 1.54) is 4.90 Å². The van der Waals surface area contributed by atoms with Gasteiger partial charge >= 0.3 is 0 Å². The first kappa shape index (κ1) is 29.6. The zero-order chi connectivity index (χ0) is 30.8. The first-order chi connectivity index (χ1) is 19.7. The number of anilines is 1. The van der Waals surface area contributed by atoms with E-state index in [-0.39, 0.29) is 35.6 Å². The summed E-state index contributed by atoms with van der Waals surface area (Å²) in [7, 11) is 6.82. The van der Waals surface area contributed by atoms with Crippen molar-refractivity contribution in [1.29, 1.82) is 5.26 Å². The van der Waals surface area contributed by atoms with Crippen molar-refractivity contribution < 1.29 is 34.8 Å². The molecule has 1 amide bonds. The fraction of sp³-hybridized carbons (Fsp3) is 0.533. The summed E-state index contributed by atoms with van der Waals surface area (Å²) in [5.74, 6) is -6.64. The molecule has 2 fully saturated rings. The minimum Gasteiger partial charge on any atom is -0.508 e. The molecule has 5 rings (SSSR count). The second-order valence-electron chi connectivity index (χ2n) is 12.3. The maximum Gasteiger partial charge on any atom is 0.255 e. The second kappa shape index (κ2) is 10.4. The number of amides is 1. The Kier molecular flexibility index (Phi) is 7.33. The summed E-state index contributed by atoms with van der Waals surface area (Å²) >= 11 is 0. The number of fused-ring (bicyclic) bond motifs is 3. The summed E-state index contributed by atoms with van der Waals surface area (Å²) in [5, 5.41) is 55.2. The minimum absolute atomic E-state index is 0.00362. The highest BCUT2D eigenvalue weighted by atomic mass is 16.3. The van der Waals surface area contributed by atoms with Gasteiger partial charge in [-0.2, -0.15) is 5.26 Å². The van der Waals surface area contributed by atoms with E-state index in [1.807, 2.05) is 25.1 Å². The standard InChI is InChI=1S/C30H37N5O7/c1-33(2)19-11-16(13-35-7-5-14(12-31)6-8-35)24(36)21-17(19)9-15-10-18-23(34(3)4)26(38)22(29(32)41)28(40)30(18,42)27(39)20(15)25(21)37/h11,14-15,18,23,36-37,40,42H,5-10,13H2,1-4H3,(H2,32,41)/t15-,18-,23-,30-/m0/s1. The lowest BCUT2D eigenvalue weighted by Gasteiger charge is -2.50. The molecule has 0 unspecified atom stereocenters. The number of aliphatic hydroxyl groups is 3. The number of likely N-dealkylation sites (tertiary alicyclic amines) is 1. The summed E-state index contributed by atoms with van der Waals surface area (Å²) in [4.78, 5) is 45.0. The van der Waals surface area contributed by atoms with Gasteiger partial charge in [0.2, 0.25) is 5.78 Å². The Morgan fingerprint density at radius 1 is 1.17 bits per heavy atom.